The molecule has 3 heterocycles. The fourth-order valence-electron chi connectivity index (χ4n) is 4.92. The molecule has 0 saturated carbocycles. The maximum Gasteiger partial charge on any atom is 0.320 e. The van der Waals surface area contributed by atoms with Crippen LogP contribution in [0.15, 0.2) is 11.1 Å². The third kappa shape index (κ3) is 1.22. The van der Waals surface area contributed by atoms with Crippen molar-refractivity contribution in [3.8, 4) is 0 Å². The van der Waals surface area contributed by atoms with E-state index in [2.05, 4.69) is 13.8 Å². The van der Waals surface area contributed by atoms with Crippen LogP contribution >= 0.6 is 0 Å². The second kappa shape index (κ2) is 4.17. The summed E-state index contributed by atoms with van der Waals surface area (Å²) < 4.78 is 11.4. The van der Waals surface area contributed by atoms with E-state index in [-0.39, 0.29) is 0 Å². The minimum absolute atomic E-state index is 0.390. The van der Waals surface area contributed by atoms with E-state index in [1.165, 1.54) is 11.1 Å². The van der Waals surface area contributed by atoms with Crippen LogP contribution in [0.25, 0.3) is 0 Å². The molecule has 0 amide bonds. The van der Waals surface area contributed by atoms with Crippen molar-refractivity contribution < 1.29 is 19.1 Å². The van der Waals surface area contributed by atoms with Gasteiger partial charge in [-0.25, -0.2) is 0 Å². The van der Waals surface area contributed by atoms with Gasteiger partial charge in [-0.3, -0.25) is 9.59 Å². The lowest BCUT2D eigenvalue weighted by Gasteiger charge is -2.34. The van der Waals surface area contributed by atoms with Gasteiger partial charge < -0.3 is 9.47 Å². The molecule has 0 aliphatic carbocycles. The van der Waals surface area contributed by atoms with Crippen molar-refractivity contribution in [1.29, 1.82) is 0 Å². The first kappa shape index (κ1) is 13.8. The van der Waals surface area contributed by atoms with Gasteiger partial charge >= 0.3 is 11.9 Å². The molecule has 0 N–H and O–H groups in total. The topological polar surface area (TPSA) is 52.6 Å². The molecular weight excluding hydrogens is 256 g/mol. The summed E-state index contributed by atoms with van der Waals surface area (Å²) in [5.74, 6) is -1.66. The molecule has 3 aliphatic heterocycles. The molecule has 2 bridgehead atoms. The van der Waals surface area contributed by atoms with Crippen molar-refractivity contribution in [1.82, 2.24) is 0 Å². The second-order valence-corrected chi connectivity index (χ2v) is 5.95. The predicted molar refractivity (Wildman–Crippen MR) is 72.8 cm³/mol. The average Bonchev–Trinajstić information content (AvgIpc) is 3.03. The van der Waals surface area contributed by atoms with E-state index in [4.69, 9.17) is 9.47 Å². The molecule has 3 aliphatic rings. The molecule has 20 heavy (non-hydrogen) atoms. The summed E-state index contributed by atoms with van der Waals surface area (Å²) in [5.41, 5.74) is 1.25. The molecule has 110 valence electrons. The highest BCUT2D eigenvalue weighted by atomic mass is 16.6. The highest BCUT2D eigenvalue weighted by Crippen LogP contribution is 2.66. The predicted octanol–water partition coefficient (Wildman–Crippen LogP) is 2.76. The lowest BCUT2D eigenvalue weighted by Crippen LogP contribution is -2.44. The quantitative estimate of drug-likeness (QED) is 0.451. The monoisotopic (exact) mass is 278 g/mol. The number of carbonyl (C=O) groups is 2. The number of rotatable bonds is 4. The Hall–Kier alpha value is -1.16. The van der Waals surface area contributed by atoms with E-state index in [1.807, 2.05) is 13.8 Å². The zero-order chi connectivity index (χ0) is 14.7. The molecule has 2 unspecified atom stereocenters. The number of ether oxygens (including phenoxy) is 2. The summed E-state index contributed by atoms with van der Waals surface area (Å²) in [6.45, 7) is 8.28. The highest BCUT2D eigenvalue weighted by Gasteiger charge is 2.76. The van der Waals surface area contributed by atoms with Crippen LogP contribution in [0.3, 0.4) is 0 Å². The van der Waals surface area contributed by atoms with Gasteiger partial charge in [0.25, 0.3) is 0 Å². The van der Waals surface area contributed by atoms with E-state index < -0.39 is 35.0 Å². The molecule has 0 radical (unpaired) electrons. The number of carbonyl (C=O) groups excluding carboxylic acids is 2. The molecule has 2 fully saturated rings. The lowest BCUT2D eigenvalue weighted by atomic mass is 9.62. The van der Waals surface area contributed by atoms with Crippen LogP contribution in [0, 0.1) is 11.8 Å². The molecule has 0 aromatic carbocycles. The Kier molecular flexibility index (Phi) is 2.88. The molecule has 0 spiro atoms. The Balaban J connectivity index is 2.27. The third-order valence-corrected chi connectivity index (χ3v) is 5.55. The van der Waals surface area contributed by atoms with Crippen LogP contribution in [0.4, 0.5) is 0 Å². The minimum atomic E-state index is -0.607. The Morgan fingerprint density at radius 3 is 1.55 bits per heavy atom. The number of hydrogen-bond donors (Lipinski definition) is 0. The molecule has 2 saturated heterocycles. The summed E-state index contributed by atoms with van der Waals surface area (Å²) in [5, 5.41) is 0. The molecule has 0 aromatic rings. The normalized spacial score (nSPS) is 42.4. The van der Waals surface area contributed by atoms with E-state index in [0.29, 0.717) is 12.8 Å². The van der Waals surface area contributed by atoms with Crippen LogP contribution < -0.4 is 0 Å². The number of fused-ring (bicyclic) bond motifs is 5. The number of cyclic esters (lactones) is 2. The van der Waals surface area contributed by atoms with Crippen molar-refractivity contribution in [2.45, 2.75) is 64.6 Å². The standard InChI is InChI=1S/C16H22O4/c1-5-9-10(6-2)16(8-4)12-11(13(17)19-14(12)18)15(9,7-3)20-16/h11-12H,5-8H2,1-4H3/t11?,12?,15-,16+. The fraction of sp³-hybridized carbons (Fsp3) is 0.750. The molecule has 4 atom stereocenters. The van der Waals surface area contributed by atoms with Crippen molar-refractivity contribution in [2.75, 3.05) is 0 Å². The fourth-order valence-corrected chi connectivity index (χ4v) is 4.92. The van der Waals surface area contributed by atoms with Crippen molar-refractivity contribution in [3.05, 3.63) is 11.1 Å². The first-order valence-corrected chi connectivity index (χ1v) is 7.71. The van der Waals surface area contributed by atoms with Gasteiger partial charge in [0.2, 0.25) is 0 Å². The van der Waals surface area contributed by atoms with Crippen LogP contribution in [0.1, 0.15) is 53.4 Å². The first-order valence-electron chi connectivity index (χ1n) is 7.71. The lowest BCUT2D eigenvalue weighted by molar-refractivity contribution is -0.162. The van der Waals surface area contributed by atoms with Gasteiger partial charge in [-0.1, -0.05) is 27.7 Å². The molecule has 0 aromatic heterocycles. The second-order valence-electron chi connectivity index (χ2n) is 5.95. The maximum atomic E-state index is 12.2. The Labute approximate surface area is 119 Å². The molecule has 4 nitrogen and oxygen atoms in total. The van der Waals surface area contributed by atoms with Crippen LogP contribution in [0.5, 0.6) is 0 Å². The van der Waals surface area contributed by atoms with Gasteiger partial charge in [-0.15, -0.1) is 0 Å². The Morgan fingerprint density at radius 1 is 0.850 bits per heavy atom. The summed E-state index contributed by atoms with van der Waals surface area (Å²) in [7, 11) is 0. The van der Waals surface area contributed by atoms with Crippen molar-refractivity contribution >= 4 is 11.9 Å². The zero-order valence-corrected chi connectivity index (χ0v) is 12.6. The largest absolute Gasteiger partial charge is 0.393 e. The SMILES string of the molecule is CCC1=C(CC)[C@@]2(CC)O[C@]1(CC)C1C(=O)OC(=O)C12. The van der Waals surface area contributed by atoms with Gasteiger partial charge in [0.05, 0.1) is 0 Å². The van der Waals surface area contributed by atoms with Gasteiger partial charge in [0, 0.05) is 0 Å². The zero-order valence-electron chi connectivity index (χ0n) is 12.6. The summed E-state index contributed by atoms with van der Waals surface area (Å²) in [4.78, 5) is 24.4. The van der Waals surface area contributed by atoms with Gasteiger partial charge in [-0.05, 0) is 36.8 Å². The number of esters is 2. The summed E-state index contributed by atoms with van der Waals surface area (Å²) >= 11 is 0. The van der Waals surface area contributed by atoms with Crippen molar-refractivity contribution in [2.24, 2.45) is 11.8 Å². The highest BCUT2D eigenvalue weighted by molar-refractivity contribution is 6.00. The Morgan fingerprint density at radius 2 is 1.25 bits per heavy atom. The van der Waals surface area contributed by atoms with E-state index in [0.717, 1.165) is 12.8 Å². The summed E-state index contributed by atoms with van der Waals surface area (Å²) in [6.07, 6.45) is 3.16. The van der Waals surface area contributed by atoms with Gasteiger partial charge in [-0.2, -0.15) is 0 Å². The minimum Gasteiger partial charge on any atom is -0.393 e. The smallest absolute Gasteiger partial charge is 0.320 e. The molecule has 3 rings (SSSR count). The third-order valence-electron chi connectivity index (χ3n) is 5.55. The average molecular weight is 278 g/mol. The van der Waals surface area contributed by atoms with Gasteiger partial charge in [0.15, 0.2) is 0 Å². The maximum absolute atomic E-state index is 12.2. The van der Waals surface area contributed by atoms with Crippen molar-refractivity contribution in [3.63, 3.8) is 0 Å². The van der Waals surface area contributed by atoms with E-state index in [9.17, 15) is 9.59 Å². The molecule has 4 heteroatoms. The number of hydrogen-bond acceptors (Lipinski definition) is 4. The summed E-state index contributed by atoms with van der Waals surface area (Å²) in [6, 6.07) is 0. The first-order chi connectivity index (χ1) is 9.52. The van der Waals surface area contributed by atoms with E-state index >= 15 is 0 Å². The van der Waals surface area contributed by atoms with Gasteiger partial charge in [0.1, 0.15) is 23.0 Å². The van der Waals surface area contributed by atoms with Crippen LogP contribution in [-0.4, -0.2) is 23.1 Å². The van der Waals surface area contributed by atoms with Crippen LogP contribution in [0.2, 0.25) is 0 Å². The Bertz CT molecular complexity index is 477. The molecular formula is C16H22O4. The van der Waals surface area contributed by atoms with Crippen LogP contribution in [-0.2, 0) is 19.1 Å². The van der Waals surface area contributed by atoms with E-state index in [1.54, 1.807) is 0 Å².